The lowest BCUT2D eigenvalue weighted by molar-refractivity contribution is 0.0960. The molecule has 4 N–H and O–H groups in total. The molecule has 0 heterocycles. The summed E-state index contributed by atoms with van der Waals surface area (Å²) < 4.78 is 80.8. The van der Waals surface area contributed by atoms with Crippen LogP contribution >= 0.6 is 10.9 Å². The van der Waals surface area contributed by atoms with E-state index in [-0.39, 0.29) is 85.8 Å². The van der Waals surface area contributed by atoms with E-state index in [4.69, 9.17) is 36.6 Å². The molecule has 0 aromatic heterocycles. The summed E-state index contributed by atoms with van der Waals surface area (Å²) in [5.41, 5.74) is -0.685. The van der Waals surface area contributed by atoms with Crippen molar-refractivity contribution in [1.82, 2.24) is 0 Å². The molecule has 1 rings (SSSR count). The monoisotopic (exact) mass is 598 g/mol. The predicted octanol–water partition coefficient (Wildman–Crippen LogP) is 2.25. The summed E-state index contributed by atoms with van der Waals surface area (Å²) in [5.74, 6) is 0.0256. The highest BCUT2D eigenvalue weighted by molar-refractivity contribution is 8.19. The van der Waals surface area contributed by atoms with E-state index in [1.807, 2.05) is 0 Å². The average molecular weight is 599 g/mol. The van der Waals surface area contributed by atoms with Crippen molar-refractivity contribution in [3.63, 3.8) is 0 Å². The molecule has 2 atom stereocenters. The second kappa shape index (κ2) is 16.6. The van der Waals surface area contributed by atoms with E-state index >= 15 is 0 Å². The van der Waals surface area contributed by atoms with Crippen molar-refractivity contribution < 1.29 is 45.6 Å². The Morgan fingerprint density at radius 2 is 1.20 bits per heavy atom. The average Bonchev–Trinajstić information content (AvgIpc) is 2.89. The van der Waals surface area contributed by atoms with Gasteiger partial charge in [0.1, 0.15) is 24.7 Å². The van der Waals surface area contributed by atoms with Crippen LogP contribution in [0.4, 0.5) is 0 Å². The fourth-order valence-corrected chi connectivity index (χ4v) is 3.70. The Morgan fingerprint density at radius 3 is 1.52 bits per heavy atom. The van der Waals surface area contributed by atoms with Gasteiger partial charge in [-0.25, -0.2) is 20.2 Å². The minimum Gasteiger partial charge on any atom is -0.492 e. The fraction of sp³-hybridized carbons (Fsp3) is 0.500. The van der Waals surface area contributed by atoms with Gasteiger partial charge in [-0.2, -0.15) is 8.42 Å². The molecule has 0 bridgehead atoms. The van der Waals surface area contributed by atoms with E-state index in [1.54, 1.807) is 12.1 Å². The second-order valence-corrected chi connectivity index (χ2v) is 11.9. The molecule has 218 valence electrons. The molecule has 0 aliphatic carbocycles. The SMILES string of the molecule is [C-]#[N+]C(C#N)=c1cc(OCCOCCC(C)S(=O)(=O)O)c(=C(C#N)[N+]#[C-])cc1OCCOCCC(C)S(O)(O)O. The highest BCUT2D eigenvalue weighted by atomic mass is 32.3. The smallest absolute Gasteiger partial charge is 0.272 e. The molecule has 0 aliphatic heterocycles. The Labute approximate surface area is 234 Å². The lowest BCUT2D eigenvalue weighted by Gasteiger charge is -2.26. The molecule has 1 aromatic carbocycles. The van der Waals surface area contributed by atoms with E-state index in [9.17, 15) is 32.6 Å². The summed E-state index contributed by atoms with van der Waals surface area (Å²) in [5, 5.41) is 17.2. The number of hydrogen-bond acceptors (Lipinski definition) is 11. The molecular weight excluding hydrogens is 568 g/mol. The van der Waals surface area contributed by atoms with E-state index in [1.165, 1.54) is 26.0 Å². The maximum Gasteiger partial charge on any atom is 0.272 e. The Kier molecular flexibility index (Phi) is 14.4. The summed E-state index contributed by atoms with van der Waals surface area (Å²) in [6.45, 7) is 17.4. The Bertz CT molecular complexity index is 1380. The van der Waals surface area contributed by atoms with Crippen LogP contribution in [0.5, 0.6) is 11.5 Å². The van der Waals surface area contributed by atoms with Crippen molar-refractivity contribution in [1.29, 1.82) is 10.5 Å². The van der Waals surface area contributed by atoms with Gasteiger partial charge < -0.3 is 32.6 Å². The van der Waals surface area contributed by atoms with Gasteiger partial charge >= 0.3 is 0 Å². The van der Waals surface area contributed by atoms with E-state index in [2.05, 4.69) is 9.69 Å². The van der Waals surface area contributed by atoms with Crippen molar-refractivity contribution in [3.05, 3.63) is 45.4 Å². The molecular formula is C24H30N4O10S2. The number of ether oxygens (including phenoxy) is 4. The molecule has 0 radical (unpaired) electrons. The zero-order valence-electron chi connectivity index (χ0n) is 21.8. The molecule has 0 spiro atoms. The molecule has 1 aromatic rings. The molecule has 0 amide bonds. The first kappa shape index (κ1) is 34.6. The zero-order valence-corrected chi connectivity index (χ0v) is 23.4. The van der Waals surface area contributed by atoms with Crippen LogP contribution in [0.2, 0.25) is 0 Å². The van der Waals surface area contributed by atoms with Crippen molar-refractivity contribution in [3.8, 4) is 23.6 Å². The third-order valence-electron chi connectivity index (χ3n) is 5.38. The van der Waals surface area contributed by atoms with Gasteiger partial charge in [-0.1, -0.05) is 0 Å². The summed E-state index contributed by atoms with van der Waals surface area (Å²) in [6, 6.07) is 6.10. The van der Waals surface area contributed by atoms with Gasteiger partial charge in [0.05, 0.1) is 59.9 Å². The van der Waals surface area contributed by atoms with Crippen LogP contribution < -0.4 is 19.9 Å². The third-order valence-corrected chi connectivity index (χ3v) is 7.95. The fourth-order valence-electron chi connectivity index (χ4n) is 2.89. The first-order valence-electron chi connectivity index (χ1n) is 11.6. The lowest BCUT2D eigenvalue weighted by atomic mass is 10.1. The number of nitriles is 2. The van der Waals surface area contributed by atoms with Gasteiger partial charge in [-0.15, -0.1) is 0 Å². The summed E-state index contributed by atoms with van der Waals surface area (Å²) >= 11 is 0. The van der Waals surface area contributed by atoms with Gasteiger partial charge in [-0.05, 0) is 38.8 Å². The van der Waals surface area contributed by atoms with Crippen LogP contribution in [-0.2, 0) is 19.6 Å². The molecule has 2 unspecified atom stereocenters. The number of rotatable bonds is 16. The topological polar surface area (TPSA) is 208 Å². The number of nitrogens with zero attached hydrogens (tertiary/aromatic N) is 4. The van der Waals surface area contributed by atoms with Crippen LogP contribution in [0.15, 0.2) is 12.1 Å². The number of hydrogen-bond donors (Lipinski definition) is 4. The van der Waals surface area contributed by atoms with Crippen LogP contribution in [0, 0.1) is 35.8 Å². The first-order valence-corrected chi connectivity index (χ1v) is 14.7. The van der Waals surface area contributed by atoms with Crippen molar-refractivity contribution in [2.24, 2.45) is 0 Å². The van der Waals surface area contributed by atoms with Crippen LogP contribution in [-0.4, -0.2) is 76.8 Å². The van der Waals surface area contributed by atoms with Crippen molar-refractivity contribution >= 4 is 32.4 Å². The summed E-state index contributed by atoms with van der Waals surface area (Å²) in [4.78, 5) is 6.39. The molecule has 0 fully saturated rings. The zero-order chi connectivity index (χ0) is 30.3. The maximum absolute atomic E-state index is 11.1. The first-order chi connectivity index (χ1) is 18.8. The summed E-state index contributed by atoms with van der Waals surface area (Å²) in [7, 11) is -7.85. The van der Waals surface area contributed by atoms with Crippen molar-refractivity contribution in [2.45, 2.75) is 37.2 Å². The normalized spacial score (nSPS) is 14.8. The molecule has 40 heavy (non-hydrogen) atoms. The van der Waals surface area contributed by atoms with Gasteiger partial charge in [0.2, 0.25) is 0 Å². The lowest BCUT2D eigenvalue weighted by Crippen LogP contribution is -2.23. The standard InChI is InChI=1S/C24H30N4O10S2/c1-17(39(29,30)31)5-7-35-9-11-37-23-13-20(22(16-26)28-4)24(14-19(23)21(15-25)27-3)38-12-10-36-8-6-18(2)40(32,33)34/h13-14,17-18,29-31H,5-12H2,1-2H3,(H,32,33,34). The van der Waals surface area contributed by atoms with E-state index < -0.39 is 31.5 Å². The van der Waals surface area contributed by atoms with Crippen LogP contribution in [0.25, 0.3) is 21.1 Å². The quantitative estimate of drug-likeness (QED) is 0.123. The predicted molar refractivity (Wildman–Crippen MR) is 145 cm³/mol. The van der Waals surface area contributed by atoms with Gasteiger partial charge in [-0.3, -0.25) is 4.55 Å². The van der Waals surface area contributed by atoms with Crippen molar-refractivity contribution in [2.75, 3.05) is 39.6 Å². The molecule has 0 aliphatic rings. The molecule has 14 nitrogen and oxygen atoms in total. The highest BCUT2D eigenvalue weighted by Gasteiger charge is 2.21. The van der Waals surface area contributed by atoms with E-state index in [0.717, 1.165) is 0 Å². The third kappa shape index (κ3) is 11.4. The number of benzene rings is 1. The maximum atomic E-state index is 11.1. The largest absolute Gasteiger partial charge is 0.492 e. The highest BCUT2D eigenvalue weighted by Crippen LogP contribution is 2.40. The van der Waals surface area contributed by atoms with Crippen LogP contribution in [0.3, 0.4) is 0 Å². The van der Waals surface area contributed by atoms with Gasteiger partial charge in [0.15, 0.2) is 0 Å². The Morgan fingerprint density at radius 1 is 0.800 bits per heavy atom. The minimum atomic E-state index is -4.17. The Hall–Kier alpha value is -3.42. The van der Waals surface area contributed by atoms with E-state index in [0.29, 0.717) is 0 Å². The summed E-state index contributed by atoms with van der Waals surface area (Å²) in [6.07, 6.45) is 0.212. The molecule has 0 saturated heterocycles. The molecule has 16 heteroatoms. The second-order valence-electron chi connectivity index (χ2n) is 8.19. The van der Waals surface area contributed by atoms with Gasteiger partial charge in [0, 0.05) is 23.7 Å². The Balaban J connectivity index is 3.09. The minimum absolute atomic E-state index is 0.00874. The molecule has 0 saturated carbocycles. The van der Waals surface area contributed by atoms with Crippen LogP contribution in [0.1, 0.15) is 26.7 Å². The van der Waals surface area contributed by atoms with Gasteiger partial charge in [0.25, 0.3) is 21.5 Å².